The van der Waals surface area contributed by atoms with Gasteiger partial charge in [0.05, 0.1) is 18.4 Å². The fraction of sp³-hybridized carbons (Fsp3) is 0.361. The number of rotatable bonds is 13. The van der Waals surface area contributed by atoms with Crippen molar-refractivity contribution in [1.82, 2.24) is 10.3 Å². The Morgan fingerprint density at radius 3 is 2.27 bits per heavy atom. The number of carbonyl (C=O) groups is 2. The van der Waals surface area contributed by atoms with Gasteiger partial charge in [-0.15, -0.1) is 0 Å². The number of amides is 1. The Hall–Kier alpha value is -4.79. The van der Waals surface area contributed by atoms with Crippen molar-refractivity contribution < 1.29 is 33.0 Å². The Bertz CT molecular complexity index is 1550. The van der Waals surface area contributed by atoms with E-state index in [4.69, 9.17) is 28.3 Å². The number of oxazole rings is 1. The average molecular weight is 615 g/mol. The summed E-state index contributed by atoms with van der Waals surface area (Å²) < 4.78 is 28.6. The Kier molecular flexibility index (Phi) is 11.2. The molecule has 4 rings (SSSR count). The van der Waals surface area contributed by atoms with Crippen molar-refractivity contribution in [3.05, 3.63) is 95.4 Å². The number of hydrogen-bond acceptors (Lipinski definition) is 8. The van der Waals surface area contributed by atoms with Crippen molar-refractivity contribution in [2.75, 3.05) is 6.61 Å². The molecule has 238 valence electrons. The number of aromatic nitrogens is 1. The van der Waals surface area contributed by atoms with Crippen molar-refractivity contribution in [3.63, 3.8) is 0 Å². The molecule has 0 unspecified atom stereocenters. The van der Waals surface area contributed by atoms with Gasteiger partial charge in [-0.2, -0.15) is 0 Å². The zero-order valence-corrected chi connectivity index (χ0v) is 26.8. The van der Waals surface area contributed by atoms with Crippen molar-refractivity contribution in [2.45, 2.75) is 79.1 Å². The molecule has 1 amide bonds. The molecule has 0 spiro atoms. The molecule has 0 radical (unpaired) electrons. The molecule has 4 aromatic rings. The number of nitrogens with zero attached hydrogens (tertiary/aromatic N) is 1. The summed E-state index contributed by atoms with van der Waals surface area (Å²) in [7, 11) is 0. The van der Waals surface area contributed by atoms with E-state index in [-0.39, 0.29) is 25.0 Å². The van der Waals surface area contributed by atoms with Crippen LogP contribution < -0.4 is 14.8 Å². The highest BCUT2D eigenvalue weighted by molar-refractivity contribution is 5.70. The topological polar surface area (TPSA) is 109 Å². The van der Waals surface area contributed by atoms with Crippen LogP contribution in [-0.2, 0) is 33.7 Å². The summed E-state index contributed by atoms with van der Waals surface area (Å²) >= 11 is 0. The predicted molar refractivity (Wildman–Crippen MR) is 171 cm³/mol. The summed E-state index contributed by atoms with van der Waals surface area (Å²) in [4.78, 5) is 29.2. The smallest absolute Gasteiger partial charge is 0.407 e. The zero-order chi connectivity index (χ0) is 32.4. The molecule has 1 aromatic heterocycles. The lowest BCUT2D eigenvalue weighted by Crippen LogP contribution is -2.27. The molecule has 0 atom stereocenters. The van der Waals surface area contributed by atoms with E-state index in [1.807, 2.05) is 100 Å². The minimum Gasteiger partial charge on any atom is -0.493 e. The van der Waals surface area contributed by atoms with Gasteiger partial charge in [0.15, 0.2) is 0 Å². The largest absolute Gasteiger partial charge is 0.493 e. The fourth-order valence-electron chi connectivity index (χ4n) is 4.49. The van der Waals surface area contributed by atoms with Crippen molar-refractivity contribution in [1.29, 1.82) is 0 Å². The minimum absolute atomic E-state index is 0.220. The fourth-order valence-corrected chi connectivity index (χ4v) is 4.49. The second kappa shape index (κ2) is 15.3. The highest BCUT2D eigenvalue weighted by atomic mass is 16.6. The van der Waals surface area contributed by atoms with Crippen LogP contribution in [0.3, 0.4) is 0 Å². The lowest BCUT2D eigenvalue weighted by Gasteiger charge is -2.20. The van der Waals surface area contributed by atoms with Gasteiger partial charge in [-0.3, -0.25) is 4.79 Å². The minimum atomic E-state index is -0.551. The third-order valence-electron chi connectivity index (χ3n) is 6.54. The van der Waals surface area contributed by atoms with Gasteiger partial charge < -0.3 is 28.7 Å². The molecule has 0 aliphatic heterocycles. The first kappa shape index (κ1) is 33.1. The summed E-state index contributed by atoms with van der Waals surface area (Å²) in [6, 6.07) is 22.9. The lowest BCUT2D eigenvalue weighted by molar-refractivity contribution is -0.154. The van der Waals surface area contributed by atoms with Crippen molar-refractivity contribution >= 4 is 12.1 Å². The van der Waals surface area contributed by atoms with Crippen LogP contribution in [0.1, 0.15) is 63.6 Å². The van der Waals surface area contributed by atoms with E-state index in [9.17, 15) is 9.59 Å². The molecule has 0 aliphatic rings. The van der Waals surface area contributed by atoms with Crippen molar-refractivity contribution in [2.24, 2.45) is 0 Å². The molecule has 0 aliphatic carbocycles. The second-order valence-electron chi connectivity index (χ2n) is 11.9. The van der Waals surface area contributed by atoms with Gasteiger partial charge in [0.1, 0.15) is 28.6 Å². The van der Waals surface area contributed by atoms with E-state index in [2.05, 4.69) is 5.32 Å². The van der Waals surface area contributed by atoms with Crippen LogP contribution in [0.4, 0.5) is 4.79 Å². The third-order valence-corrected chi connectivity index (χ3v) is 6.54. The standard InChI is InChI=1S/C36H42N2O7/c1-24(2)42-35(40)37-23-28-22-31(18-12-26(28)15-19-33(39)45-36(4,5)6)41-21-20-32-25(3)43-34(38-32)27-13-16-30(17-14-27)44-29-10-8-7-9-11-29/h7-14,16-18,22,24H,15,19-21,23H2,1-6H3,(H,37,40). The highest BCUT2D eigenvalue weighted by Crippen LogP contribution is 2.27. The van der Waals surface area contributed by atoms with Crippen LogP contribution in [0.2, 0.25) is 0 Å². The van der Waals surface area contributed by atoms with E-state index in [0.29, 0.717) is 31.1 Å². The number of para-hydroxylation sites is 1. The van der Waals surface area contributed by atoms with Gasteiger partial charge in [0.25, 0.3) is 0 Å². The maximum atomic E-state index is 12.3. The van der Waals surface area contributed by atoms with E-state index in [1.54, 1.807) is 13.8 Å². The Morgan fingerprint density at radius 1 is 0.889 bits per heavy atom. The van der Waals surface area contributed by atoms with Crippen LogP contribution in [-0.4, -0.2) is 35.4 Å². The molecule has 0 bridgehead atoms. The molecule has 1 heterocycles. The predicted octanol–water partition coefficient (Wildman–Crippen LogP) is 7.97. The highest BCUT2D eigenvalue weighted by Gasteiger charge is 2.18. The number of esters is 1. The Morgan fingerprint density at radius 2 is 1.58 bits per heavy atom. The number of nitrogens with one attached hydrogen (secondary N) is 1. The van der Waals surface area contributed by atoms with E-state index in [1.165, 1.54) is 0 Å². The molecule has 0 fully saturated rings. The third kappa shape index (κ3) is 10.7. The maximum absolute atomic E-state index is 12.3. The molecule has 0 saturated carbocycles. The monoisotopic (exact) mass is 614 g/mol. The van der Waals surface area contributed by atoms with Gasteiger partial charge in [-0.25, -0.2) is 9.78 Å². The molecule has 9 nitrogen and oxygen atoms in total. The van der Waals surface area contributed by atoms with E-state index in [0.717, 1.165) is 39.6 Å². The molecular formula is C36H42N2O7. The van der Waals surface area contributed by atoms with Crippen LogP contribution in [0.5, 0.6) is 17.2 Å². The van der Waals surface area contributed by atoms with Crippen LogP contribution in [0.15, 0.2) is 77.2 Å². The molecular weight excluding hydrogens is 572 g/mol. The summed E-state index contributed by atoms with van der Waals surface area (Å²) in [5.74, 6) is 3.12. The Balaban J connectivity index is 1.37. The zero-order valence-electron chi connectivity index (χ0n) is 26.8. The van der Waals surface area contributed by atoms with Gasteiger partial charge >= 0.3 is 12.1 Å². The molecule has 45 heavy (non-hydrogen) atoms. The van der Waals surface area contributed by atoms with Crippen LogP contribution in [0, 0.1) is 6.92 Å². The van der Waals surface area contributed by atoms with Crippen molar-refractivity contribution in [3.8, 4) is 28.7 Å². The summed E-state index contributed by atoms with van der Waals surface area (Å²) in [5, 5.41) is 2.78. The van der Waals surface area contributed by atoms with Crippen LogP contribution >= 0.6 is 0 Å². The van der Waals surface area contributed by atoms with E-state index < -0.39 is 11.7 Å². The second-order valence-corrected chi connectivity index (χ2v) is 11.9. The number of carbonyl (C=O) groups excluding carboxylic acids is 2. The number of ether oxygens (including phenoxy) is 4. The first-order valence-corrected chi connectivity index (χ1v) is 15.2. The first-order valence-electron chi connectivity index (χ1n) is 15.2. The number of alkyl carbamates (subject to hydrolysis) is 1. The number of hydrogen-bond donors (Lipinski definition) is 1. The number of benzene rings is 3. The SMILES string of the molecule is Cc1oc(-c2ccc(Oc3ccccc3)cc2)nc1CCOc1ccc(CCC(=O)OC(C)(C)C)c(CNC(=O)OC(C)C)c1. The van der Waals surface area contributed by atoms with Gasteiger partial charge in [0, 0.05) is 24.9 Å². The van der Waals surface area contributed by atoms with Crippen LogP contribution in [0.25, 0.3) is 11.5 Å². The summed E-state index contributed by atoms with van der Waals surface area (Å²) in [6.07, 6.45) is 0.479. The van der Waals surface area contributed by atoms with Gasteiger partial charge in [-0.05, 0) is 108 Å². The van der Waals surface area contributed by atoms with Gasteiger partial charge in [-0.1, -0.05) is 24.3 Å². The average Bonchev–Trinajstić information content (AvgIpc) is 3.35. The van der Waals surface area contributed by atoms with E-state index >= 15 is 0 Å². The number of aryl methyl sites for hydroxylation is 2. The molecule has 9 heteroatoms. The summed E-state index contributed by atoms with van der Waals surface area (Å²) in [6.45, 7) is 11.6. The first-order chi connectivity index (χ1) is 21.4. The lowest BCUT2D eigenvalue weighted by atomic mass is 10.0. The molecule has 1 N–H and O–H groups in total. The normalized spacial score (nSPS) is 11.3. The molecule has 0 saturated heterocycles. The molecule has 3 aromatic carbocycles. The Labute approximate surface area is 264 Å². The maximum Gasteiger partial charge on any atom is 0.407 e. The summed E-state index contributed by atoms with van der Waals surface area (Å²) in [5.41, 5.74) is 2.85. The van der Waals surface area contributed by atoms with Gasteiger partial charge in [0.2, 0.25) is 5.89 Å². The quantitative estimate of drug-likeness (QED) is 0.151.